The summed E-state index contributed by atoms with van der Waals surface area (Å²) in [5, 5.41) is 26.3. The van der Waals surface area contributed by atoms with Crippen LogP contribution in [-0.4, -0.2) is 73.5 Å². The van der Waals surface area contributed by atoms with Crippen molar-refractivity contribution in [1.82, 2.24) is 30.2 Å². The number of amides is 2. The normalized spacial score (nSPS) is 23.4. The molecule has 4 aromatic rings. The third-order valence-electron chi connectivity index (χ3n) is 11.4. The van der Waals surface area contributed by atoms with E-state index in [-0.39, 0.29) is 23.6 Å². The van der Waals surface area contributed by atoms with Crippen molar-refractivity contribution < 1.29 is 14.7 Å². The Hall–Kier alpha value is -4.77. The number of benzene rings is 2. The molecule has 3 fully saturated rings. The van der Waals surface area contributed by atoms with Gasteiger partial charge in [0.25, 0.3) is 0 Å². The standard InChI is InChI=1S/C38H44N8O3/c1-23-31(30-21-32(41-42-37(30)39)29-5-2-3-8-35(29)47)22-46(43-23)26-15-18-44(19-16-26)25-11-9-24(10-12-25)27-6-4-7-33-28(27)17-20-45(33)34-13-14-36(48)40-38(34)49/h2-8,21-22,24-26,34,47H,9-20H2,1H3,(H2,39,42)(H,40,48,49)/t24?,25?,34-/m0/s1. The molecular formula is C38H44N8O3. The first-order valence-corrected chi connectivity index (χ1v) is 17.8. The van der Waals surface area contributed by atoms with Crippen molar-refractivity contribution in [3.8, 4) is 28.1 Å². The number of phenols is 1. The minimum Gasteiger partial charge on any atom is -0.507 e. The summed E-state index contributed by atoms with van der Waals surface area (Å²) in [5.41, 5.74) is 14.2. The lowest BCUT2D eigenvalue weighted by molar-refractivity contribution is -0.134. The minimum absolute atomic E-state index is 0.155. The third kappa shape index (κ3) is 5.94. The van der Waals surface area contributed by atoms with E-state index in [1.54, 1.807) is 12.1 Å². The second kappa shape index (κ2) is 12.9. The van der Waals surface area contributed by atoms with Gasteiger partial charge in [0.1, 0.15) is 11.8 Å². The number of rotatable bonds is 6. The molecule has 2 saturated heterocycles. The predicted octanol–water partition coefficient (Wildman–Crippen LogP) is 5.13. The van der Waals surface area contributed by atoms with E-state index in [9.17, 15) is 14.7 Å². The number of phenolic OH excluding ortho intramolecular Hbond substituents is 1. The smallest absolute Gasteiger partial charge is 0.249 e. The van der Waals surface area contributed by atoms with E-state index in [1.807, 2.05) is 25.1 Å². The number of hydrogen-bond donors (Lipinski definition) is 3. The lowest BCUT2D eigenvalue weighted by Crippen LogP contribution is -2.52. The van der Waals surface area contributed by atoms with Crippen molar-refractivity contribution in [1.29, 1.82) is 0 Å². The number of hydrogen-bond acceptors (Lipinski definition) is 9. The van der Waals surface area contributed by atoms with E-state index in [2.05, 4.69) is 54.4 Å². The molecule has 2 aromatic carbocycles. The number of fused-ring (bicyclic) bond motifs is 1. The largest absolute Gasteiger partial charge is 0.507 e. The van der Waals surface area contributed by atoms with Crippen LogP contribution in [0, 0.1) is 6.92 Å². The maximum absolute atomic E-state index is 12.6. The summed E-state index contributed by atoms with van der Waals surface area (Å²) in [5.74, 6) is 0.738. The Morgan fingerprint density at radius 2 is 1.63 bits per heavy atom. The molecule has 1 saturated carbocycles. The molecule has 49 heavy (non-hydrogen) atoms. The molecule has 8 rings (SSSR count). The lowest BCUT2D eigenvalue weighted by atomic mass is 9.79. The third-order valence-corrected chi connectivity index (χ3v) is 11.4. The summed E-state index contributed by atoms with van der Waals surface area (Å²) in [7, 11) is 0. The molecular weight excluding hydrogens is 616 g/mol. The highest BCUT2D eigenvalue weighted by Crippen LogP contribution is 2.43. The molecule has 2 amide bonds. The van der Waals surface area contributed by atoms with Crippen LogP contribution in [0.5, 0.6) is 5.75 Å². The highest BCUT2D eigenvalue weighted by Gasteiger charge is 2.37. The number of aromatic hydroxyl groups is 1. The fourth-order valence-corrected chi connectivity index (χ4v) is 8.81. The van der Waals surface area contributed by atoms with Gasteiger partial charge in [-0.3, -0.25) is 19.6 Å². The maximum atomic E-state index is 12.6. The van der Waals surface area contributed by atoms with Crippen LogP contribution in [0.2, 0.25) is 0 Å². The number of carbonyl (C=O) groups excluding carboxylic acids is 2. The molecule has 0 radical (unpaired) electrons. The molecule has 11 heteroatoms. The molecule has 254 valence electrons. The van der Waals surface area contributed by atoms with Gasteiger partial charge in [-0.2, -0.15) is 5.10 Å². The molecule has 4 aliphatic rings. The van der Waals surface area contributed by atoms with Gasteiger partial charge in [0.05, 0.1) is 17.4 Å². The predicted molar refractivity (Wildman–Crippen MR) is 188 cm³/mol. The van der Waals surface area contributed by atoms with E-state index in [4.69, 9.17) is 10.8 Å². The van der Waals surface area contributed by atoms with E-state index in [1.165, 1.54) is 42.5 Å². The molecule has 1 aliphatic carbocycles. The highest BCUT2D eigenvalue weighted by molar-refractivity contribution is 6.02. The fourth-order valence-electron chi connectivity index (χ4n) is 8.81. The number of para-hydroxylation sites is 1. The van der Waals surface area contributed by atoms with Gasteiger partial charge in [0.15, 0.2) is 5.82 Å². The van der Waals surface area contributed by atoms with Gasteiger partial charge in [-0.1, -0.05) is 24.3 Å². The summed E-state index contributed by atoms with van der Waals surface area (Å²) in [6.07, 6.45) is 10.9. The second-order valence-corrected chi connectivity index (χ2v) is 14.2. The number of anilines is 2. The monoisotopic (exact) mass is 660 g/mol. The molecule has 0 bridgehead atoms. The van der Waals surface area contributed by atoms with E-state index in [0.717, 1.165) is 55.7 Å². The summed E-state index contributed by atoms with van der Waals surface area (Å²) >= 11 is 0. The molecule has 11 nitrogen and oxygen atoms in total. The summed E-state index contributed by atoms with van der Waals surface area (Å²) in [4.78, 5) is 29.3. The van der Waals surface area contributed by atoms with Crippen LogP contribution in [-0.2, 0) is 16.0 Å². The molecule has 1 atom stereocenters. The summed E-state index contributed by atoms with van der Waals surface area (Å²) < 4.78 is 2.12. The zero-order valence-electron chi connectivity index (χ0n) is 28.0. The van der Waals surface area contributed by atoms with Crippen LogP contribution in [0.15, 0.2) is 54.7 Å². The number of imide groups is 1. The molecule has 0 spiro atoms. The van der Waals surface area contributed by atoms with E-state index < -0.39 is 0 Å². The number of nitrogens with one attached hydrogen (secondary N) is 1. The average Bonchev–Trinajstić information content (AvgIpc) is 3.73. The van der Waals surface area contributed by atoms with Gasteiger partial charge in [-0.15, -0.1) is 10.2 Å². The average molecular weight is 661 g/mol. The van der Waals surface area contributed by atoms with Crippen LogP contribution in [0.3, 0.4) is 0 Å². The van der Waals surface area contributed by atoms with Crippen LogP contribution < -0.4 is 16.0 Å². The number of aromatic nitrogens is 4. The molecule has 4 N–H and O–H groups in total. The Kier molecular flexibility index (Phi) is 8.31. The van der Waals surface area contributed by atoms with Crippen molar-refractivity contribution in [3.63, 3.8) is 0 Å². The number of piperidine rings is 2. The van der Waals surface area contributed by atoms with Crippen molar-refractivity contribution in [3.05, 3.63) is 71.5 Å². The number of nitrogen functional groups attached to an aromatic ring is 1. The Bertz CT molecular complexity index is 1890. The fraction of sp³-hybridized carbons (Fsp3) is 0.447. The topological polar surface area (TPSA) is 142 Å². The summed E-state index contributed by atoms with van der Waals surface area (Å²) in [6, 6.07) is 16.3. The molecule has 2 aromatic heterocycles. The quantitative estimate of drug-likeness (QED) is 0.240. The first kappa shape index (κ1) is 31.5. The number of nitrogens with zero attached hydrogens (tertiary/aromatic N) is 6. The van der Waals surface area contributed by atoms with Gasteiger partial charge in [0.2, 0.25) is 11.8 Å². The van der Waals surface area contributed by atoms with Gasteiger partial charge in [-0.25, -0.2) is 0 Å². The van der Waals surface area contributed by atoms with Crippen molar-refractivity contribution in [2.45, 2.75) is 88.8 Å². The van der Waals surface area contributed by atoms with Crippen molar-refractivity contribution >= 4 is 23.3 Å². The van der Waals surface area contributed by atoms with Crippen LogP contribution >= 0.6 is 0 Å². The molecule has 5 heterocycles. The molecule has 3 aliphatic heterocycles. The Morgan fingerprint density at radius 1 is 0.837 bits per heavy atom. The Labute approximate surface area is 286 Å². The first-order valence-electron chi connectivity index (χ1n) is 17.8. The van der Waals surface area contributed by atoms with E-state index in [0.29, 0.717) is 47.9 Å². The number of nitrogens with two attached hydrogens (primary N) is 1. The van der Waals surface area contributed by atoms with Crippen molar-refractivity contribution in [2.75, 3.05) is 30.3 Å². The van der Waals surface area contributed by atoms with Crippen LogP contribution in [0.1, 0.15) is 80.1 Å². The highest BCUT2D eigenvalue weighted by atomic mass is 16.3. The maximum Gasteiger partial charge on any atom is 0.249 e. The minimum atomic E-state index is -0.251. The summed E-state index contributed by atoms with van der Waals surface area (Å²) in [6.45, 7) is 4.97. The Morgan fingerprint density at radius 3 is 2.41 bits per heavy atom. The zero-order valence-corrected chi connectivity index (χ0v) is 28.0. The van der Waals surface area contributed by atoms with Gasteiger partial charge in [-0.05, 0) is 99.6 Å². The van der Waals surface area contributed by atoms with Crippen LogP contribution in [0.25, 0.3) is 22.4 Å². The second-order valence-electron chi connectivity index (χ2n) is 14.2. The zero-order chi connectivity index (χ0) is 33.6. The first-order chi connectivity index (χ1) is 23.8. The molecule has 0 unspecified atom stereocenters. The van der Waals surface area contributed by atoms with Crippen molar-refractivity contribution in [2.24, 2.45) is 0 Å². The number of aryl methyl sites for hydroxylation is 1. The number of likely N-dealkylation sites (tertiary alicyclic amines) is 1. The van der Waals surface area contributed by atoms with Gasteiger partial charge in [0, 0.05) is 60.7 Å². The van der Waals surface area contributed by atoms with Gasteiger partial charge < -0.3 is 20.6 Å². The Balaban J connectivity index is 0.891. The van der Waals surface area contributed by atoms with E-state index >= 15 is 0 Å². The SMILES string of the molecule is Cc1nn(C2CCN(C3CCC(c4cccc5c4CCN5[C@H]4CCC(=O)NC4=O)CC3)CC2)cc1-c1cc(-c2ccccc2O)nnc1N. The van der Waals surface area contributed by atoms with Gasteiger partial charge >= 0.3 is 0 Å². The lowest BCUT2D eigenvalue weighted by Gasteiger charge is -2.41. The van der Waals surface area contributed by atoms with Crippen LogP contribution in [0.4, 0.5) is 11.5 Å². The number of carbonyl (C=O) groups is 2.